The fraction of sp³-hybridized carbons (Fsp3) is 0.182. The molecule has 0 aliphatic heterocycles. The van der Waals surface area contributed by atoms with Gasteiger partial charge in [0.1, 0.15) is 4.90 Å². The second-order valence-electron chi connectivity index (χ2n) is 6.36. The van der Waals surface area contributed by atoms with Crippen molar-refractivity contribution in [3.63, 3.8) is 0 Å². The van der Waals surface area contributed by atoms with E-state index in [1.165, 1.54) is 20.3 Å². The van der Waals surface area contributed by atoms with Crippen LogP contribution in [0.1, 0.15) is 17.0 Å². The van der Waals surface area contributed by atoms with Crippen LogP contribution in [0.2, 0.25) is 0 Å². The Morgan fingerprint density at radius 1 is 0.862 bits per heavy atom. The highest BCUT2D eigenvalue weighted by Crippen LogP contribution is 2.35. The van der Waals surface area contributed by atoms with Crippen molar-refractivity contribution in [1.29, 1.82) is 0 Å². The van der Waals surface area contributed by atoms with Crippen LogP contribution in [0, 0.1) is 0 Å². The van der Waals surface area contributed by atoms with E-state index < -0.39 is 10.0 Å². The maximum Gasteiger partial charge on any atom is 0.241 e. The summed E-state index contributed by atoms with van der Waals surface area (Å²) >= 11 is 3.33. The minimum Gasteiger partial charge on any atom is -0.493 e. The van der Waals surface area contributed by atoms with E-state index in [-0.39, 0.29) is 17.4 Å². The molecule has 0 aliphatic carbocycles. The van der Waals surface area contributed by atoms with Crippen LogP contribution in [0.25, 0.3) is 0 Å². The maximum atomic E-state index is 13.1. The van der Waals surface area contributed by atoms with Gasteiger partial charge in [-0.2, -0.15) is 0 Å². The van der Waals surface area contributed by atoms with Gasteiger partial charge >= 0.3 is 0 Å². The number of benzene rings is 3. The van der Waals surface area contributed by atoms with Gasteiger partial charge in [0.2, 0.25) is 10.0 Å². The zero-order valence-electron chi connectivity index (χ0n) is 16.1. The van der Waals surface area contributed by atoms with Crippen LogP contribution in [0.15, 0.2) is 82.2 Å². The molecule has 0 saturated heterocycles. The summed E-state index contributed by atoms with van der Waals surface area (Å²) in [5, 5.41) is 0. The summed E-state index contributed by atoms with van der Waals surface area (Å²) in [5.41, 5.74) is 2.07. The van der Waals surface area contributed by atoms with Crippen LogP contribution >= 0.6 is 15.9 Å². The number of halogens is 1. The monoisotopic (exact) mass is 475 g/mol. The third kappa shape index (κ3) is 4.98. The predicted molar refractivity (Wildman–Crippen MR) is 117 cm³/mol. The zero-order valence-corrected chi connectivity index (χ0v) is 18.5. The van der Waals surface area contributed by atoms with Crippen molar-refractivity contribution in [2.45, 2.75) is 10.8 Å². The van der Waals surface area contributed by atoms with Gasteiger partial charge < -0.3 is 9.47 Å². The SMILES string of the molecule is COc1cc(Br)c(S(=O)(=O)NCC(c2ccccc2)c2ccccc2)cc1OC. The molecule has 3 rings (SSSR count). The summed E-state index contributed by atoms with van der Waals surface area (Å²) in [5.74, 6) is 0.676. The van der Waals surface area contributed by atoms with Gasteiger partial charge in [0, 0.05) is 23.0 Å². The lowest BCUT2D eigenvalue weighted by atomic mass is 9.92. The quantitative estimate of drug-likeness (QED) is 0.517. The van der Waals surface area contributed by atoms with E-state index >= 15 is 0 Å². The fourth-order valence-electron chi connectivity index (χ4n) is 3.11. The highest BCUT2D eigenvalue weighted by Gasteiger charge is 2.23. The van der Waals surface area contributed by atoms with Gasteiger partial charge in [0.05, 0.1) is 14.2 Å². The van der Waals surface area contributed by atoms with Crippen LogP contribution in [-0.4, -0.2) is 29.2 Å². The van der Waals surface area contributed by atoms with Crippen molar-refractivity contribution in [3.8, 4) is 11.5 Å². The Bertz CT molecular complexity index is 1020. The van der Waals surface area contributed by atoms with Gasteiger partial charge in [-0.15, -0.1) is 0 Å². The van der Waals surface area contributed by atoms with Crippen LogP contribution < -0.4 is 14.2 Å². The highest BCUT2D eigenvalue weighted by atomic mass is 79.9. The molecule has 0 radical (unpaired) electrons. The number of ether oxygens (including phenoxy) is 2. The smallest absolute Gasteiger partial charge is 0.241 e. The maximum absolute atomic E-state index is 13.1. The molecule has 0 fully saturated rings. The Labute approximate surface area is 179 Å². The molecule has 0 aliphatic rings. The number of hydrogen-bond donors (Lipinski definition) is 1. The van der Waals surface area contributed by atoms with E-state index in [1.807, 2.05) is 60.7 Å². The second kappa shape index (κ2) is 9.43. The summed E-state index contributed by atoms with van der Waals surface area (Å²) in [4.78, 5) is 0.0926. The summed E-state index contributed by atoms with van der Waals surface area (Å²) in [6.07, 6.45) is 0. The van der Waals surface area contributed by atoms with Gasteiger partial charge in [-0.05, 0) is 33.1 Å². The minimum absolute atomic E-state index is 0.0926. The molecule has 0 aromatic heterocycles. The Hall–Kier alpha value is -2.35. The molecule has 5 nitrogen and oxygen atoms in total. The summed E-state index contributed by atoms with van der Waals surface area (Å²) in [7, 11) is -0.822. The normalized spacial score (nSPS) is 11.4. The molecule has 0 heterocycles. The van der Waals surface area contributed by atoms with E-state index in [0.29, 0.717) is 16.0 Å². The molecule has 0 spiro atoms. The lowest BCUT2D eigenvalue weighted by Crippen LogP contribution is -2.29. The van der Waals surface area contributed by atoms with E-state index in [0.717, 1.165) is 11.1 Å². The number of nitrogens with one attached hydrogen (secondary N) is 1. The largest absolute Gasteiger partial charge is 0.493 e. The fourth-order valence-corrected chi connectivity index (χ4v) is 5.19. The van der Waals surface area contributed by atoms with Crippen LogP contribution in [-0.2, 0) is 10.0 Å². The number of methoxy groups -OCH3 is 2. The highest BCUT2D eigenvalue weighted by molar-refractivity contribution is 9.10. The zero-order chi connectivity index (χ0) is 20.9. The topological polar surface area (TPSA) is 64.6 Å². The molecule has 152 valence electrons. The molecular weight excluding hydrogens is 454 g/mol. The standard InChI is InChI=1S/C22H22BrNO4S/c1-27-20-13-19(23)22(14-21(20)28-2)29(25,26)24-15-18(16-9-5-3-6-10-16)17-11-7-4-8-12-17/h3-14,18,24H,15H2,1-2H3. The van der Waals surface area contributed by atoms with Gasteiger partial charge in [-0.25, -0.2) is 13.1 Å². The molecule has 0 atom stereocenters. The van der Waals surface area contributed by atoms with E-state index in [4.69, 9.17) is 9.47 Å². The minimum atomic E-state index is -3.79. The number of sulfonamides is 1. The van der Waals surface area contributed by atoms with Crippen molar-refractivity contribution in [2.24, 2.45) is 0 Å². The van der Waals surface area contributed by atoms with Gasteiger partial charge in [0.25, 0.3) is 0 Å². The van der Waals surface area contributed by atoms with Crippen molar-refractivity contribution >= 4 is 26.0 Å². The molecule has 29 heavy (non-hydrogen) atoms. The average molecular weight is 476 g/mol. The van der Waals surface area contributed by atoms with Crippen molar-refractivity contribution in [2.75, 3.05) is 20.8 Å². The van der Waals surface area contributed by atoms with E-state index in [2.05, 4.69) is 20.7 Å². The first-order valence-corrected chi connectivity index (χ1v) is 11.2. The lowest BCUT2D eigenvalue weighted by molar-refractivity contribution is 0.353. The van der Waals surface area contributed by atoms with Gasteiger partial charge in [0.15, 0.2) is 11.5 Å². The van der Waals surface area contributed by atoms with Crippen molar-refractivity contribution < 1.29 is 17.9 Å². The summed E-state index contributed by atoms with van der Waals surface area (Å²) in [6.45, 7) is 0.219. The molecule has 7 heteroatoms. The van der Waals surface area contributed by atoms with Gasteiger partial charge in [-0.1, -0.05) is 60.7 Å². The molecule has 0 unspecified atom stereocenters. The molecule has 0 bridgehead atoms. The summed E-state index contributed by atoms with van der Waals surface area (Å²) in [6, 6.07) is 22.7. The Balaban J connectivity index is 1.91. The Morgan fingerprint density at radius 2 is 1.34 bits per heavy atom. The van der Waals surface area contributed by atoms with E-state index in [9.17, 15) is 8.42 Å². The lowest BCUT2D eigenvalue weighted by Gasteiger charge is -2.19. The van der Waals surface area contributed by atoms with Crippen molar-refractivity contribution in [3.05, 3.63) is 88.4 Å². The first-order valence-electron chi connectivity index (χ1n) is 8.97. The average Bonchev–Trinajstić information content (AvgIpc) is 2.75. The first kappa shape index (κ1) is 21.4. The van der Waals surface area contributed by atoms with Gasteiger partial charge in [-0.3, -0.25) is 0 Å². The van der Waals surface area contributed by atoms with Crippen LogP contribution in [0.4, 0.5) is 0 Å². The van der Waals surface area contributed by atoms with Crippen LogP contribution in [0.5, 0.6) is 11.5 Å². The Kier molecular flexibility index (Phi) is 6.95. The first-order chi connectivity index (χ1) is 14.0. The Morgan fingerprint density at radius 3 is 1.83 bits per heavy atom. The summed E-state index contributed by atoms with van der Waals surface area (Å²) < 4.78 is 39.7. The van der Waals surface area contributed by atoms with Crippen molar-refractivity contribution in [1.82, 2.24) is 4.72 Å². The number of rotatable bonds is 8. The third-order valence-electron chi connectivity index (χ3n) is 4.61. The molecular formula is C22H22BrNO4S. The number of hydrogen-bond acceptors (Lipinski definition) is 4. The molecule has 3 aromatic rings. The molecule has 0 saturated carbocycles. The predicted octanol–water partition coefficient (Wildman–Crippen LogP) is 4.58. The van der Waals surface area contributed by atoms with E-state index in [1.54, 1.807) is 6.07 Å². The van der Waals surface area contributed by atoms with Crippen LogP contribution in [0.3, 0.4) is 0 Å². The second-order valence-corrected chi connectivity index (χ2v) is 8.95. The molecule has 0 amide bonds. The molecule has 3 aromatic carbocycles. The molecule has 1 N–H and O–H groups in total. The third-order valence-corrected chi connectivity index (χ3v) is 6.99.